The summed E-state index contributed by atoms with van der Waals surface area (Å²) in [5.74, 6) is 1.24. The van der Waals surface area contributed by atoms with Gasteiger partial charge in [-0.1, -0.05) is 6.07 Å². The lowest BCUT2D eigenvalue weighted by atomic mass is 10.2. The molecule has 0 aliphatic carbocycles. The van der Waals surface area contributed by atoms with E-state index in [2.05, 4.69) is 20.1 Å². The summed E-state index contributed by atoms with van der Waals surface area (Å²) in [7, 11) is 1.58. The summed E-state index contributed by atoms with van der Waals surface area (Å²) in [6.45, 7) is 1.99. The molecule has 100 valence electrons. The molecule has 0 aliphatic heterocycles. The molecule has 3 rings (SSSR count). The zero-order valence-corrected chi connectivity index (χ0v) is 11.2. The summed E-state index contributed by atoms with van der Waals surface area (Å²) < 4.78 is 6.74. The quantitative estimate of drug-likeness (QED) is 0.726. The van der Waals surface area contributed by atoms with Gasteiger partial charge in [-0.3, -0.25) is 4.98 Å². The van der Waals surface area contributed by atoms with E-state index in [9.17, 15) is 0 Å². The Morgan fingerprint density at radius 2 is 1.90 bits per heavy atom. The van der Waals surface area contributed by atoms with Crippen LogP contribution in [0.5, 0.6) is 5.88 Å². The first-order valence-electron chi connectivity index (χ1n) is 6.11. The third-order valence-corrected chi connectivity index (χ3v) is 2.86. The lowest BCUT2D eigenvalue weighted by Crippen LogP contribution is -2.01. The third kappa shape index (κ3) is 2.23. The Hall–Kier alpha value is -2.76. The van der Waals surface area contributed by atoms with Gasteiger partial charge in [0.2, 0.25) is 5.88 Å². The maximum absolute atomic E-state index is 5.05. The van der Waals surface area contributed by atoms with Crippen LogP contribution in [0.2, 0.25) is 0 Å². The molecule has 0 bridgehead atoms. The van der Waals surface area contributed by atoms with Gasteiger partial charge < -0.3 is 4.74 Å². The molecule has 0 N–H and O–H groups in total. The molecule has 0 saturated carbocycles. The highest BCUT2D eigenvalue weighted by Crippen LogP contribution is 2.18. The predicted molar refractivity (Wildman–Crippen MR) is 73.7 cm³/mol. The molecule has 0 radical (unpaired) electrons. The fourth-order valence-corrected chi connectivity index (χ4v) is 1.82. The van der Waals surface area contributed by atoms with E-state index >= 15 is 0 Å². The average Bonchev–Trinajstić information content (AvgIpc) is 2.97. The Kier molecular flexibility index (Phi) is 3.12. The minimum Gasteiger partial charge on any atom is -0.481 e. The summed E-state index contributed by atoms with van der Waals surface area (Å²) in [6.07, 6.45) is 4.99. The van der Waals surface area contributed by atoms with Gasteiger partial charge in [0.1, 0.15) is 12.0 Å². The van der Waals surface area contributed by atoms with Crippen LogP contribution in [0.25, 0.3) is 17.2 Å². The van der Waals surface area contributed by atoms with Crippen LogP contribution in [0.4, 0.5) is 0 Å². The van der Waals surface area contributed by atoms with Crippen LogP contribution in [0, 0.1) is 6.92 Å². The summed E-state index contributed by atoms with van der Waals surface area (Å²) in [4.78, 5) is 12.8. The second-order valence-corrected chi connectivity index (χ2v) is 4.27. The number of nitrogens with zero attached hydrogens (tertiary/aromatic N) is 5. The van der Waals surface area contributed by atoms with Gasteiger partial charge in [-0.05, 0) is 24.6 Å². The van der Waals surface area contributed by atoms with Crippen LogP contribution < -0.4 is 4.74 Å². The zero-order valence-electron chi connectivity index (χ0n) is 11.2. The third-order valence-electron chi connectivity index (χ3n) is 2.86. The maximum Gasteiger partial charge on any atom is 0.213 e. The Bertz CT molecular complexity index is 703. The minimum atomic E-state index is 0.559. The van der Waals surface area contributed by atoms with Crippen molar-refractivity contribution in [3.63, 3.8) is 0 Å². The second kappa shape index (κ2) is 5.08. The van der Waals surface area contributed by atoms with Crippen molar-refractivity contribution in [2.75, 3.05) is 7.11 Å². The van der Waals surface area contributed by atoms with Gasteiger partial charge in [-0.25, -0.2) is 14.6 Å². The molecule has 20 heavy (non-hydrogen) atoms. The smallest absolute Gasteiger partial charge is 0.213 e. The summed E-state index contributed by atoms with van der Waals surface area (Å²) in [5.41, 5.74) is 2.68. The SMILES string of the molecule is COc1ccc(-n2ncnc2-c2ccc(C)cn2)cn1. The number of aryl methyl sites for hydroxylation is 1. The maximum atomic E-state index is 5.05. The molecule has 0 fully saturated rings. The van der Waals surface area contributed by atoms with Crippen LogP contribution >= 0.6 is 0 Å². The molecule has 0 aliphatic rings. The van der Waals surface area contributed by atoms with Gasteiger partial charge in [0.05, 0.1) is 19.0 Å². The molecule has 0 amide bonds. The van der Waals surface area contributed by atoms with Crippen LogP contribution in [-0.4, -0.2) is 31.8 Å². The van der Waals surface area contributed by atoms with Gasteiger partial charge in [0.15, 0.2) is 5.82 Å². The standard InChI is InChI=1S/C14H13N5O/c1-10-3-5-12(15-7-10)14-17-9-18-19(14)11-4-6-13(20-2)16-8-11/h3-9H,1-2H3. The fraction of sp³-hybridized carbons (Fsp3) is 0.143. The molecule has 0 saturated heterocycles. The Balaban J connectivity index is 2.02. The molecule has 0 unspecified atom stereocenters. The Morgan fingerprint density at radius 3 is 2.55 bits per heavy atom. The molecule has 0 spiro atoms. The van der Waals surface area contributed by atoms with Crippen molar-refractivity contribution >= 4 is 0 Å². The zero-order chi connectivity index (χ0) is 13.9. The van der Waals surface area contributed by atoms with Gasteiger partial charge >= 0.3 is 0 Å². The number of hydrogen-bond acceptors (Lipinski definition) is 5. The summed E-state index contributed by atoms with van der Waals surface area (Å²) in [6, 6.07) is 7.57. The van der Waals surface area contributed by atoms with Gasteiger partial charge in [-0.15, -0.1) is 0 Å². The monoisotopic (exact) mass is 267 g/mol. The molecule has 0 atom stereocenters. The second-order valence-electron chi connectivity index (χ2n) is 4.27. The van der Waals surface area contributed by atoms with Crippen molar-refractivity contribution in [1.82, 2.24) is 24.7 Å². The Morgan fingerprint density at radius 1 is 1.00 bits per heavy atom. The van der Waals surface area contributed by atoms with Crippen molar-refractivity contribution in [3.05, 3.63) is 48.5 Å². The summed E-state index contributed by atoms with van der Waals surface area (Å²) >= 11 is 0. The number of methoxy groups -OCH3 is 1. The van der Waals surface area contributed by atoms with E-state index in [-0.39, 0.29) is 0 Å². The number of ether oxygens (including phenoxy) is 1. The van der Waals surface area contributed by atoms with Crippen LogP contribution in [0.3, 0.4) is 0 Å². The molecule has 6 nitrogen and oxygen atoms in total. The molecule has 3 aromatic heterocycles. The molecular weight excluding hydrogens is 254 g/mol. The molecule has 3 heterocycles. The van der Waals surface area contributed by atoms with Gasteiger partial charge in [0.25, 0.3) is 0 Å². The van der Waals surface area contributed by atoms with Crippen LogP contribution in [0.1, 0.15) is 5.56 Å². The number of rotatable bonds is 3. The van der Waals surface area contributed by atoms with E-state index < -0.39 is 0 Å². The lowest BCUT2D eigenvalue weighted by Gasteiger charge is -2.06. The van der Waals surface area contributed by atoms with E-state index in [1.807, 2.05) is 25.1 Å². The molecule has 0 aromatic carbocycles. The van der Waals surface area contributed by atoms with E-state index in [1.165, 1.54) is 6.33 Å². The predicted octanol–water partition coefficient (Wildman–Crippen LogP) is 2.04. The average molecular weight is 267 g/mol. The topological polar surface area (TPSA) is 65.7 Å². The fourth-order valence-electron chi connectivity index (χ4n) is 1.82. The van der Waals surface area contributed by atoms with Crippen LogP contribution in [0.15, 0.2) is 43.0 Å². The van der Waals surface area contributed by atoms with Crippen LogP contribution in [-0.2, 0) is 0 Å². The summed E-state index contributed by atoms with van der Waals surface area (Å²) in [5, 5.41) is 4.23. The van der Waals surface area contributed by atoms with E-state index in [1.54, 1.807) is 30.3 Å². The first-order valence-corrected chi connectivity index (χ1v) is 6.11. The van der Waals surface area contributed by atoms with Crippen molar-refractivity contribution < 1.29 is 4.74 Å². The first-order chi connectivity index (χ1) is 9.78. The lowest BCUT2D eigenvalue weighted by molar-refractivity contribution is 0.397. The largest absolute Gasteiger partial charge is 0.481 e. The van der Waals surface area contributed by atoms with Crippen molar-refractivity contribution in [1.29, 1.82) is 0 Å². The van der Waals surface area contributed by atoms with Crippen molar-refractivity contribution in [2.24, 2.45) is 0 Å². The number of hydrogen-bond donors (Lipinski definition) is 0. The number of aromatic nitrogens is 5. The molecule has 3 aromatic rings. The van der Waals surface area contributed by atoms with E-state index in [4.69, 9.17) is 4.74 Å². The molecular formula is C14H13N5O. The highest BCUT2D eigenvalue weighted by atomic mass is 16.5. The highest BCUT2D eigenvalue weighted by molar-refractivity contribution is 5.52. The van der Waals surface area contributed by atoms with E-state index in [0.29, 0.717) is 11.7 Å². The van der Waals surface area contributed by atoms with Gasteiger partial charge in [-0.2, -0.15) is 5.10 Å². The normalized spacial score (nSPS) is 10.5. The van der Waals surface area contributed by atoms with Gasteiger partial charge in [0, 0.05) is 12.3 Å². The molecule has 6 heteroatoms. The number of pyridine rings is 2. The van der Waals surface area contributed by atoms with E-state index in [0.717, 1.165) is 16.9 Å². The first kappa shape index (κ1) is 12.3. The van der Waals surface area contributed by atoms with Crippen molar-refractivity contribution in [2.45, 2.75) is 6.92 Å². The van der Waals surface area contributed by atoms with Crippen molar-refractivity contribution in [3.8, 4) is 23.1 Å². The highest BCUT2D eigenvalue weighted by Gasteiger charge is 2.10. The minimum absolute atomic E-state index is 0.559. The Labute approximate surface area is 116 Å².